The molecule has 1 rings (SSSR count). The molecule has 0 aliphatic rings. The lowest BCUT2D eigenvalue weighted by Crippen LogP contribution is -2.56. The minimum absolute atomic E-state index is 0.0942. The number of rotatable bonds is 9. The maximum Gasteiger partial charge on any atom is 0.332 e. The Kier molecular flexibility index (Phi) is 7.51. The summed E-state index contributed by atoms with van der Waals surface area (Å²) < 4.78 is 5.67. The predicted molar refractivity (Wildman–Crippen MR) is 103 cm³/mol. The molecule has 0 bridgehead atoms. The summed E-state index contributed by atoms with van der Waals surface area (Å²) in [6.07, 6.45) is 3.35. The molecule has 1 N–H and O–H groups in total. The number of para-hydroxylation sites is 1. The van der Waals surface area contributed by atoms with Crippen LogP contribution in [-0.2, 0) is 15.1 Å². The van der Waals surface area contributed by atoms with E-state index in [2.05, 4.69) is 11.9 Å². The van der Waals surface area contributed by atoms with Gasteiger partial charge < -0.3 is 4.74 Å². The lowest BCUT2D eigenvalue weighted by molar-refractivity contribution is -0.386. The van der Waals surface area contributed by atoms with Crippen LogP contribution in [0.3, 0.4) is 0 Å². The van der Waals surface area contributed by atoms with Crippen molar-refractivity contribution in [2.75, 3.05) is 6.54 Å². The molecule has 26 heavy (non-hydrogen) atoms. The van der Waals surface area contributed by atoms with Crippen LogP contribution in [0.5, 0.6) is 0 Å². The van der Waals surface area contributed by atoms with Crippen molar-refractivity contribution in [2.24, 2.45) is 5.92 Å². The number of nitro benzene ring substituents is 1. The standard InChI is InChI=1S/C20H30N2O4/c1-7-8-11-14-21-20(15(2)3,18(23)26-19(4,5)6)16-12-9-10-13-17(16)22(24)25/h7,9-10,12-13,15,21H,1,8,11,14H2,2-6H3/t20-/m1/s1. The van der Waals surface area contributed by atoms with E-state index in [-0.39, 0.29) is 11.6 Å². The van der Waals surface area contributed by atoms with E-state index < -0.39 is 22.0 Å². The molecule has 0 aliphatic heterocycles. The number of carbonyl (C=O) groups is 1. The van der Waals surface area contributed by atoms with Crippen LogP contribution in [0.4, 0.5) is 5.69 Å². The van der Waals surface area contributed by atoms with E-state index in [0.717, 1.165) is 12.8 Å². The monoisotopic (exact) mass is 362 g/mol. The van der Waals surface area contributed by atoms with Crippen LogP contribution in [0.25, 0.3) is 0 Å². The first-order chi connectivity index (χ1) is 12.1. The lowest BCUT2D eigenvalue weighted by Gasteiger charge is -2.38. The molecule has 0 radical (unpaired) electrons. The van der Waals surface area contributed by atoms with E-state index in [1.165, 1.54) is 6.07 Å². The zero-order chi connectivity index (χ0) is 20.0. The number of benzene rings is 1. The average molecular weight is 362 g/mol. The van der Waals surface area contributed by atoms with Crippen molar-refractivity contribution in [3.05, 3.63) is 52.6 Å². The summed E-state index contributed by atoms with van der Waals surface area (Å²) in [6, 6.07) is 6.35. The first-order valence-electron chi connectivity index (χ1n) is 8.89. The van der Waals surface area contributed by atoms with E-state index in [1.807, 2.05) is 13.8 Å². The Morgan fingerprint density at radius 2 is 1.96 bits per heavy atom. The molecular formula is C20H30N2O4. The molecule has 1 aromatic rings. The Hall–Kier alpha value is -2.21. The third-order valence-electron chi connectivity index (χ3n) is 4.10. The molecule has 0 aliphatic carbocycles. The second-order valence-corrected chi connectivity index (χ2v) is 7.60. The highest BCUT2D eigenvalue weighted by Gasteiger charge is 2.49. The fraction of sp³-hybridized carbons (Fsp3) is 0.550. The molecule has 144 valence electrons. The predicted octanol–water partition coefficient (Wildman–Crippen LogP) is 4.34. The maximum atomic E-state index is 13.2. The Bertz CT molecular complexity index is 649. The second-order valence-electron chi connectivity index (χ2n) is 7.60. The highest BCUT2D eigenvalue weighted by molar-refractivity contribution is 5.85. The fourth-order valence-corrected chi connectivity index (χ4v) is 2.89. The third kappa shape index (κ3) is 5.14. The normalized spacial score (nSPS) is 13.9. The van der Waals surface area contributed by atoms with Gasteiger partial charge in [0.2, 0.25) is 0 Å². The van der Waals surface area contributed by atoms with Gasteiger partial charge in [0, 0.05) is 6.07 Å². The SMILES string of the molecule is C=CCCCN[C@@](C(=O)OC(C)(C)C)(c1ccccc1[N+](=O)[O-])C(C)C. The molecule has 0 spiro atoms. The molecule has 0 fully saturated rings. The highest BCUT2D eigenvalue weighted by Crippen LogP contribution is 2.38. The summed E-state index contributed by atoms with van der Waals surface area (Å²) in [5, 5.41) is 14.9. The van der Waals surface area contributed by atoms with Gasteiger partial charge in [-0.3, -0.25) is 15.4 Å². The van der Waals surface area contributed by atoms with Gasteiger partial charge in [-0.1, -0.05) is 32.1 Å². The van der Waals surface area contributed by atoms with Gasteiger partial charge in [0.1, 0.15) is 5.60 Å². The van der Waals surface area contributed by atoms with E-state index in [1.54, 1.807) is 45.0 Å². The van der Waals surface area contributed by atoms with Crippen LogP contribution in [0.15, 0.2) is 36.9 Å². The zero-order valence-electron chi connectivity index (χ0n) is 16.4. The smallest absolute Gasteiger partial charge is 0.332 e. The van der Waals surface area contributed by atoms with E-state index in [4.69, 9.17) is 4.74 Å². The van der Waals surface area contributed by atoms with Crippen molar-refractivity contribution in [1.82, 2.24) is 5.32 Å². The van der Waals surface area contributed by atoms with Crippen LogP contribution in [-0.4, -0.2) is 23.0 Å². The van der Waals surface area contributed by atoms with Gasteiger partial charge >= 0.3 is 5.97 Å². The Balaban J connectivity index is 3.50. The summed E-state index contributed by atoms with van der Waals surface area (Å²) >= 11 is 0. The summed E-state index contributed by atoms with van der Waals surface area (Å²) in [7, 11) is 0. The zero-order valence-corrected chi connectivity index (χ0v) is 16.4. The van der Waals surface area contributed by atoms with E-state index >= 15 is 0 Å². The molecule has 0 aromatic heterocycles. The van der Waals surface area contributed by atoms with Crippen LogP contribution in [0.1, 0.15) is 53.0 Å². The van der Waals surface area contributed by atoms with Crippen LogP contribution >= 0.6 is 0 Å². The van der Waals surface area contributed by atoms with E-state index in [0.29, 0.717) is 12.1 Å². The summed E-state index contributed by atoms with van der Waals surface area (Å²) in [5.74, 6) is -0.768. The number of carbonyl (C=O) groups excluding carboxylic acids is 1. The van der Waals surface area contributed by atoms with Crippen LogP contribution < -0.4 is 5.32 Å². The molecular weight excluding hydrogens is 332 g/mol. The van der Waals surface area contributed by atoms with Gasteiger partial charge in [-0.05, 0) is 52.1 Å². The number of hydrogen-bond donors (Lipinski definition) is 1. The molecule has 0 unspecified atom stereocenters. The van der Waals surface area contributed by atoms with Crippen molar-refractivity contribution < 1.29 is 14.5 Å². The minimum atomic E-state index is -1.31. The summed E-state index contributed by atoms with van der Waals surface area (Å²) in [4.78, 5) is 24.4. The molecule has 1 atom stereocenters. The molecule has 0 saturated carbocycles. The molecule has 6 heteroatoms. The van der Waals surface area contributed by atoms with Gasteiger partial charge in [0.25, 0.3) is 5.69 Å². The highest BCUT2D eigenvalue weighted by atomic mass is 16.6. The van der Waals surface area contributed by atoms with Gasteiger partial charge in [0.15, 0.2) is 5.54 Å². The summed E-state index contributed by atoms with van der Waals surface area (Å²) in [6.45, 7) is 13.3. The minimum Gasteiger partial charge on any atom is -0.458 e. The fourth-order valence-electron chi connectivity index (χ4n) is 2.89. The average Bonchev–Trinajstić information content (AvgIpc) is 2.53. The number of nitro groups is 1. The molecule has 0 amide bonds. The number of esters is 1. The van der Waals surface area contributed by atoms with Crippen molar-refractivity contribution in [3.8, 4) is 0 Å². The Labute approximate surface area is 155 Å². The molecule has 1 aromatic carbocycles. The van der Waals surface area contributed by atoms with Gasteiger partial charge in [-0.25, -0.2) is 4.79 Å². The number of hydrogen-bond acceptors (Lipinski definition) is 5. The molecule has 0 saturated heterocycles. The quantitative estimate of drug-likeness (QED) is 0.232. The number of ether oxygens (including phenoxy) is 1. The molecule has 6 nitrogen and oxygen atoms in total. The van der Waals surface area contributed by atoms with Crippen molar-refractivity contribution in [2.45, 2.75) is 58.6 Å². The van der Waals surface area contributed by atoms with Crippen LogP contribution in [0.2, 0.25) is 0 Å². The largest absolute Gasteiger partial charge is 0.458 e. The lowest BCUT2D eigenvalue weighted by atomic mass is 9.78. The van der Waals surface area contributed by atoms with Gasteiger partial charge in [-0.2, -0.15) is 0 Å². The third-order valence-corrected chi connectivity index (χ3v) is 4.10. The summed E-state index contributed by atoms with van der Waals surface area (Å²) in [5.41, 5.74) is -1.78. The first-order valence-corrected chi connectivity index (χ1v) is 8.89. The van der Waals surface area contributed by atoms with E-state index in [9.17, 15) is 14.9 Å². The Morgan fingerprint density at radius 1 is 1.35 bits per heavy atom. The number of unbranched alkanes of at least 4 members (excludes halogenated alkanes) is 1. The molecule has 0 heterocycles. The Morgan fingerprint density at radius 3 is 2.46 bits per heavy atom. The van der Waals surface area contributed by atoms with Gasteiger partial charge in [0.05, 0.1) is 10.5 Å². The second kappa shape index (κ2) is 8.94. The first kappa shape index (κ1) is 21.8. The van der Waals surface area contributed by atoms with Crippen molar-refractivity contribution in [3.63, 3.8) is 0 Å². The van der Waals surface area contributed by atoms with Gasteiger partial charge in [-0.15, -0.1) is 6.58 Å². The van der Waals surface area contributed by atoms with Crippen molar-refractivity contribution >= 4 is 11.7 Å². The number of allylic oxidation sites excluding steroid dienone is 1. The number of nitrogens with zero attached hydrogens (tertiary/aromatic N) is 1. The van der Waals surface area contributed by atoms with Crippen LogP contribution in [0, 0.1) is 16.0 Å². The maximum absolute atomic E-state index is 13.2. The topological polar surface area (TPSA) is 81.5 Å². The van der Waals surface area contributed by atoms with Crippen molar-refractivity contribution in [1.29, 1.82) is 0 Å². The number of nitrogens with one attached hydrogen (secondary N) is 1.